The number of carboxylic acids is 1. The van der Waals surface area contributed by atoms with E-state index in [0.29, 0.717) is 6.42 Å². The summed E-state index contributed by atoms with van der Waals surface area (Å²) >= 11 is 0. The van der Waals surface area contributed by atoms with Gasteiger partial charge in [-0.1, -0.05) is 75.8 Å². The SMILES string of the molecule is CCCC/C=C/C=C/C=C(\[O-])CCCCCCCC(=O)O.[Na+]. The molecule has 0 unspecified atom stereocenters. The molecule has 1 N–H and O–H groups in total. The molecule has 0 rings (SSSR count). The van der Waals surface area contributed by atoms with E-state index < -0.39 is 5.97 Å². The molecule has 0 saturated carbocycles. The summed E-state index contributed by atoms with van der Waals surface area (Å²) in [7, 11) is 0. The van der Waals surface area contributed by atoms with Crippen molar-refractivity contribution < 1.29 is 44.6 Å². The summed E-state index contributed by atoms with van der Waals surface area (Å²) in [6.07, 6.45) is 18.4. The van der Waals surface area contributed by atoms with Gasteiger partial charge < -0.3 is 10.2 Å². The maximum atomic E-state index is 11.5. The molecule has 0 heterocycles. The van der Waals surface area contributed by atoms with E-state index in [1.54, 1.807) is 12.2 Å². The van der Waals surface area contributed by atoms with Crippen LogP contribution in [0.25, 0.3) is 0 Å². The smallest absolute Gasteiger partial charge is 0.875 e. The minimum Gasteiger partial charge on any atom is -0.875 e. The number of rotatable bonds is 13. The zero-order valence-electron chi connectivity index (χ0n) is 14.2. The second-order valence-electron chi connectivity index (χ2n) is 5.25. The van der Waals surface area contributed by atoms with E-state index in [0.717, 1.165) is 38.5 Å². The van der Waals surface area contributed by atoms with Crippen molar-refractivity contribution in [2.24, 2.45) is 0 Å². The van der Waals surface area contributed by atoms with Crippen molar-refractivity contribution in [2.45, 2.75) is 71.1 Å². The molecule has 0 bridgehead atoms. The maximum Gasteiger partial charge on any atom is 1.00 e. The van der Waals surface area contributed by atoms with Gasteiger partial charge in [0.1, 0.15) is 0 Å². The summed E-state index contributed by atoms with van der Waals surface area (Å²) in [6, 6.07) is 0. The van der Waals surface area contributed by atoms with Crippen LogP contribution in [0.3, 0.4) is 0 Å². The van der Waals surface area contributed by atoms with Crippen LogP contribution < -0.4 is 34.7 Å². The van der Waals surface area contributed by atoms with E-state index >= 15 is 0 Å². The van der Waals surface area contributed by atoms with Gasteiger partial charge in [0, 0.05) is 6.42 Å². The molecule has 0 amide bonds. The molecule has 0 spiro atoms. The average Bonchev–Trinajstić information content (AvgIpc) is 2.45. The standard InChI is InChI=1S/C18H30O3.Na/c1-2-3-4-5-6-8-11-14-17(19)15-12-9-7-10-13-16-18(20)21;/h5-6,8,11,14,19H,2-4,7,9-10,12-13,15-16H2,1H3,(H,20,21);/q;+1/p-1/b6-5+,11-8+,17-14-;. The van der Waals surface area contributed by atoms with Gasteiger partial charge in [0.2, 0.25) is 0 Å². The third-order valence-electron chi connectivity index (χ3n) is 3.18. The maximum absolute atomic E-state index is 11.5. The molecule has 0 aliphatic heterocycles. The fraction of sp³-hybridized carbons (Fsp3) is 0.611. The van der Waals surface area contributed by atoms with Gasteiger partial charge in [0.05, 0.1) is 0 Å². The number of carbonyl (C=O) groups is 1. The van der Waals surface area contributed by atoms with Gasteiger partial charge in [0.25, 0.3) is 0 Å². The topological polar surface area (TPSA) is 60.4 Å². The number of hydrogen-bond donors (Lipinski definition) is 1. The van der Waals surface area contributed by atoms with Crippen molar-refractivity contribution in [3.63, 3.8) is 0 Å². The molecule has 120 valence electrons. The first-order chi connectivity index (χ1) is 10.2. The molecular weight excluding hydrogens is 287 g/mol. The minimum atomic E-state index is -0.727. The van der Waals surface area contributed by atoms with E-state index in [9.17, 15) is 9.90 Å². The van der Waals surface area contributed by atoms with Gasteiger partial charge in [-0.15, -0.1) is 5.76 Å². The van der Waals surface area contributed by atoms with E-state index in [1.165, 1.54) is 12.8 Å². The predicted molar refractivity (Wildman–Crippen MR) is 85.8 cm³/mol. The van der Waals surface area contributed by atoms with Crippen LogP contribution >= 0.6 is 0 Å². The Kier molecular flexibility index (Phi) is 20.0. The van der Waals surface area contributed by atoms with Crippen molar-refractivity contribution in [3.8, 4) is 0 Å². The summed E-state index contributed by atoms with van der Waals surface area (Å²) in [5, 5.41) is 20.0. The fourth-order valence-corrected chi connectivity index (χ4v) is 1.91. The second-order valence-corrected chi connectivity index (χ2v) is 5.25. The van der Waals surface area contributed by atoms with Crippen LogP contribution in [0.1, 0.15) is 71.1 Å². The van der Waals surface area contributed by atoms with Crippen LogP contribution in [0.2, 0.25) is 0 Å². The van der Waals surface area contributed by atoms with E-state index in [1.807, 2.05) is 12.2 Å². The molecule has 0 aliphatic rings. The van der Waals surface area contributed by atoms with Crippen molar-refractivity contribution in [1.29, 1.82) is 0 Å². The first-order valence-electron chi connectivity index (χ1n) is 8.08. The monoisotopic (exact) mass is 316 g/mol. The van der Waals surface area contributed by atoms with Gasteiger partial charge >= 0.3 is 35.5 Å². The Bertz CT molecular complexity index is 346. The van der Waals surface area contributed by atoms with Crippen molar-refractivity contribution in [3.05, 3.63) is 36.1 Å². The first-order valence-corrected chi connectivity index (χ1v) is 8.08. The molecule has 22 heavy (non-hydrogen) atoms. The summed E-state index contributed by atoms with van der Waals surface area (Å²) in [5.41, 5.74) is 0. The van der Waals surface area contributed by atoms with Gasteiger partial charge in [-0.05, 0) is 19.3 Å². The summed E-state index contributed by atoms with van der Waals surface area (Å²) in [4.78, 5) is 10.3. The molecular formula is C18H29NaO3. The number of carboxylic acid groups (broad SMARTS) is 1. The molecule has 0 atom stereocenters. The molecule has 0 aliphatic carbocycles. The zero-order chi connectivity index (χ0) is 15.8. The molecule has 0 fully saturated rings. The largest absolute Gasteiger partial charge is 1.00 e. The van der Waals surface area contributed by atoms with Crippen molar-refractivity contribution in [1.82, 2.24) is 0 Å². The summed E-state index contributed by atoms with van der Waals surface area (Å²) < 4.78 is 0. The van der Waals surface area contributed by atoms with Crippen LogP contribution in [-0.4, -0.2) is 11.1 Å². The van der Waals surface area contributed by atoms with E-state index in [2.05, 4.69) is 13.0 Å². The zero-order valence-corrected chi connectivity index (χ0v) is 16.2. The second kappa shape index (κ2) is 18.5. The third-order valence-corrected chi connectivity index (χ3v) is 3.18. The number of aliphatic carboxylic acids is 1. The molecule has 4 heteroatoms. The molecule has 0 aromatic heterocycles. The number of hydrogen-bond acceptors (Lipinski definition) is 2. The van der Waals surface area contributed by atoms with Crippen LogP contribution in [0, 0.1) is 0 Å². The Morgan fingerprint density at radius 1 is 0.955 bits per heavy atom. The van der Waals surface area contributed by atoms with Crippen LogP contribution in [0.15, 0.2) is 36.1 Å². The Balaban J connectivity index is 0. The van der Waals surface area contributed by atoms with Gasteiger partial charge in [0.15, 0.2) is 0 Å². The number of allylic oxidation sites excluding steroid dienone is 6. The normalized spacial score (nSPS) is 12.0. The van der Waals surface area contributed by atoms with E-state index in [4.69, 9.17) is 5.11 Å². The van der Waals surface area contributed by atoms with Gasteiger partial charge in [-0.2, -0.15) is 0 Å². The molecule has 0 radical (unpaired) electrons. The Labute approximate surface area is 157 Å². The van der Waals surface area contributed by atoms with Gasteiger partial charge in [-0.3, -0.25) is 4.79 Å². The molecule has 0 aromatic carbocycles. The Morgan fingerprint density at radius 3 is 2.23 bits per heavy atom. The summed E-state index contributed by atoms with van der Waals surface area (Å²) in [6.45, 7) is 2.17. The predicted octanol–water partition coefficient (Wildman–Crippen LogP) is 1.35. The minimum absolute atomic E-state index is 0. The fourth-order valence-electron chi connectivity index (χ4n) is 1.91. The molecule has 3 nitrogen and oxygen atoms in total. The molecule has 0 saturated heterocycles. The van der Waals surface area contributed by atoms with Crippen molar-refractivity contribution >= 4 is 5.97 Å². The van der Waals surface area contributed by atoms with Crippen LogP contribution in [0.4, 0.5) is 0 Å². The Morgan fingerprint density at radius 2 is 1.59 bits per heavy atom. The van der Waals surface area contributed by atoms with E-state index in [-0.39, 0.29) is 41.7 Å². The molecule has 0 aromatic rings. The van der Waals surface area contributed by atoms with Gasteiger partial charge in [-0.25, -0.2) is 0 Å². The quantitative estimate of drug-likeness (QED) is 0.241. The average molecular weight is 316 g/mol. The Hall–Kier alpha value is -0.510. The third kappa shape index (κ3) is 19.5. The number of unbranched alkanes of at least 4 members (excludes halogenated alkanes) is 6. The van der Waals surface area contributed by atoms with Crippen LogP contribution in [-0.2, 0) is 4.79 Å². The first kappa shape index (κ1) is 23.8. The summed E-state index contributed by atoms with van der Waals surface area (Å²) in [5.74, 6) is -0.561. The van der Waals surface area contributed by atoms with Crippen LogP contribution in [0.5, 0.6) is 0 Å². The van der Waals surface area contributed by atoms with Crippen molar-refractivity contribution in [2.75, 3.05) is 0 Å².